The molecule has 5 aromatic carbocycles. The van der Waals surface area contributed by atoms with Crippen molar-refractivity contribution in [3.63, 3.8) is 0 Å². The molecule has 0 spiro atoms. The Bertz CT molecular complexity index is 2410. The van der Waals surface area contributed by atoms with Crippen LogP contribution in [-0.2, 0) is 20.6 Å². The molecule has 2 aliphatic heterocycles. The van der Waals surface area contributed by atoms with Gasteiger partial charge in [-0.2, -0.15) is 11.8 Å². The van der Waals surface area contributed by atoms with Crippen molar-refractivity contribution in [2.45, 2.75) is 28.4 Å². The number of halogens is 1. The van der Waals surface area contributed by atoms with Crippen LogP contribution >= 0.6 is 23.5 Å². The van der Waals surface area contributed by atoms with E-state index in [2.05, 4.69) is 34.3 Å². The summed E-state index contributed by atoms with van der Waals surface area (Å²) in [6.45, 7) is 0.241. The second kappa shape index (κ2) is 16.6. The van der Waals surface area contributed by atoms with Crippen molar-refractivity contribution in [1.82, 2.24) is 14.9 Å². The van der Waals surface area contributed by atoms with Crippen LogP contribution in [0.2, 0.25) is 0 Å². The Hall–Kier alpha value is -5.34. The van der Waals surface area contributed by atoms with Crippen molar-refractivity contribution in [1.29, 1.82) is 0 Å². The minimum Gasteiger partial charge on any atom is -0.333 e. The van der Waals surface area contributed by atoms with Crippen molar-refractivity contribution in [2.75, 3.05) is 13.1 Å². The molecule has 2 fully saturated rings. The molecule has 7 rings (SSSR count). The van der Waals surface area contributed by atoms with E-state index in [0.29, 0.717) is 24.3 Å². The van der Waals surface area contributed by atoms with E-state index in [1.54, 1.807) is 53.1 Å². The number of nitrogens with zero attached hydrogens (tertiary/aromatic N) is 1. The van der Waals surface area contributed by atoms with Crippen LogP contribution in [0.3, 0.4) is 0 Å². The molecule has 2 aliphatic rings. The lowest BCUT2D eigenvalue weighted by Crippen LogP contribution is -2.43. The van der Waals surface area contributed by atoms with Crippen LogP contribution in [0, 0.1) is 5.82 Å². The molecule has 0 bridgehead atoms. The summed E-state index contributed by atoms with van der Waals surface area (Å²) in [6, 6.07) is 35.2. The standard InChI is InChI=1S/C42H34FN3O6S3/c43-31-18-16-29(17-19-31)39(47)36-12-6-7-13-37(36)41(49)46-25-33(53-26-30-10-4-5-11-35(30)28-8-2-1-3-9-28)23-32(46)24-44-55(51,52)34-20-14-27(15-21-34)22-38-40(48)45-42(50)54-38/h1-22,32-33,44H,23-26H2,(H,45,48,50)/t32-,33+/m0/s1. The number of amides is 3. The molecule has 0 aromatic heterocycles. The lowest BCUT2D eigenvalue weighted by molar-refractivity contribution is -0.115. The third-order valence-electron chi connectivity index (χ3n) is 9.36. The van der Waals surface area contributed by atoms with Crippen LogP contribution in [0.5, 0.6) is 0 Å². The average Bonchev–Trinajstić information content (AvgIpc) is 3.77. The number of carbonyl (C=O) groups is 4. The van der Waals surface area contributed by atoms with E-state index in [0.717, 1.165) is 28.5 Å². The van der Waals surface area contributed by atoms with Gasteiger partial charge in [0.1, 0.15) is 5.82 Å². The Kier molecular flexibility index (Phi) is 11.4. The van der Waals surface area contributed by atoms with Gasteiger partial charge in [0.25, 0.3) is 17.1 Å². The number of likely N-dealkylation sites (tertiary alicyclic amines) is 1. The lowest BCUT2D eigenvalue weighted by atomic mass is 9.97. The fourth-order valence-electron chi connectivity index (χ4n) is 6.57. The molecule has 2 N–H and O–H groups in total. The summed E-state index contributed by atoms with van der Waals surface area (Å²) in [4.78, 5) is 53.3. The number of nitrogens with one attached hydrogen (secondary N) is 2. The highest BCUT2D eigenvalue weighted by molar-refractivity contribution is 8.18. The molecule has 2 heterocycles. The topological polar surface area (TPSA) is 130 Å². The Morgan fingerprint density at radius 1 is 0.855 bits per heavy atom. The predicted octanol–water partition coefficient (Wildman–Crippen LogP) is 7.54. The Balaban J connectivity index is 1.12. The van der Waals surface area contributed by atoms with E-state index in [-0.39, 0.29) is 38.3 Å². The highest BCUT2D eigenvalue weighted by Crippen LogP contribution is 2.35. The number of carbonyl (C=O) groups excluding carboxylic acids is 4. The first-order chi connectivity index (χ1) is 26.6. The number of benzene rings is 5. The lowest BCUT2D eigenvalue weighted by Gasteiger charge is -2.26. The van der Waals surface area contributed by atoms with Crippen molar-refractivity contribution < 1.29 is 32.0 Å². The number of hydrogen-bond acceptors (Lipinski definition) is 8. The van der Waals surface area contributed by atoms with Gasteiger partial charge in [-0.3, -0.25) is 24.5 Å². The summed E-state index contributed by atoms with van der Waals surface area (Å²) in [6.07, 6.45) is 2.00. The van der Waals surface area contributed by atoms with E-state index in [1.807, 2.05) is 30.3 Å². The number of sulfonamides is 1. The molecule has 0 unspecified atom stereocenters. The maximum absolute atomic E-state index is 14.4. The third kappa shape index (κ3) is 8.81. The van der Waals surface area contributed by atoms with Crippen LogP contribution in [-0.4, -0.2) is 60.5 Å². The van der Waals surface area contributed by atoms with Gasteiger partial charge >= 0.3 is 0 Å². The minimum atomic E-state index is -4.03. The molecular weight excluding hydrogens is 758 g/mol. The third-order valence-corrected chi connectivity index (χ3v) is 12.9. The van der Waals surface area contributed by atoms with E-state index >= 15 is 0 Å². The zero-order valence-electron chi connectivity index (χ0n) is 29.2. The van der Waals surface area contributed by atoms with Gasteiger partial charge in [0.2, 0.25) is 10.0 Å². The van der Waals surface area contributed by atoms with Crippen molar-refractivity contribution >= 4 is 62.5 Å². The summed E-state index contributed by atoms with van der Waals surface area (Å²) >= 11 is 2.46. The molecule has 3 amide bonds. The SMILES string of the molecule is O=C1NC(=O)C(=Cc2ccc(S(=O)(=O)NC[C@@H]3C[C@@H](SCc4ccccc4-c4ccccc4)CN3C(=O)c3ccccc3C(=O)c3ccc(F)cc3)cc2)S1. The smallest absolute Gasteiger partial charge is 0.290 e. The Labute approximate surface area is 326 Å². The van der Waals surface area contributed by atoms with Gasteiger partial charge in [0.05, 0.1) is 15.4 Å². The first kappa shape index (κ1) is 38.0. The zero-order chi connectivity index (χ0) is 38.5. The second-order valence-corrected chi connectivity index (χ2v) is 17.0. The van der Waals surface area contributed by atoms with Crippen LogP contribution in [0.4, 0.5) is 9.18 Å². The Morgan fingerprint density at radius 2 is 1.53 bits per heavy atom. The molecule has 0 aliphatic carbocycles. The first-order valence-electron chi connectivity index (χ1n) is 17.4. The maximum atomic E-state index is 14.4. The molecule has 0 saturated carbocycles. The Morgan fingerprint density at radius 3 is 2.24 bits per heavy atom. The quantitative estimate of drug-likeness (QED) is 0.0980. The molecule has 55 heavy (non-hydrogen) atoms. The fraction of sp³-hybridized carbons (Fsp3) is 0.143. The minimum absolute atomic E-state index is 0.0104. The first-order valence-corrected chi connectivity index (χ1v) is 20.7. The van der Waals surface area contributed by atoms with Crippen molar-refractivity contribution in [2.24, 2.45) is 0 Å². The molecule has 2 saturated heterocycles. The van der Waals surface area contributed by atoms with Crippen molar-refractivity contribution in [3.8, 4) is 11.1 Å². The molecule has 2 atom stereocenters. The van der Waals surface area contributed by atoms with Gasteiger partial charge < -0.3 is 4.90 Å². The van der Waals surface area contributed by atoms with E-state index in [1.165, 1.54) is 42.5 Å². The van der Waals surface area contributed by atoms with Crippen LogP contribution in [0.25, 0.3) is 17.2 Å². The number of hydrogen-bond donors (Lipinski definition) is 2. The predicted molar refractivity (Wildman–Crippen MR) is 213 cm³/mol. The van der Waals surface area contributed by atoms with E-state index in [4.69, 9.17) is 0 Å². The average molecular weight is 792 g/mol. The fourth-order valence-corrected chi connectivity index (χ4v) is 9.62. The van der Waals surface area contributed by atoms with Gasteiger partial charge in [-0.25, -0.2) is 17.5 Å². The van der Waals surface area contributed by atoms with Gasteiger partial charge in [-0.05, 0) is 89.0 Å². The summed E-state index contributed by atoms with van der Waals surface area (Å²) in [5.41, 5.74) is 4.46. The van der Waals surface area contributed by atoms with Gasteiger partial charge in [-0.1, -0.05) is 84.9 Å². The van der Waals surface area contributed by atoms with Gasteiger partial charge in [0.15, 0.2) is 5.78 Å². The van der Waals surface area contributed by atoms with E-state index < -0.39 is 44.7 Å². The summed E-state index contributed by atoms with van der Waals surface area (Å²) in [5.74, 6) is -1.17. The number of ketones is 1. The molecule has 278 valence electrons. The summed E-state index contributed by atoms with van der Waals surface area (Å²) in [7, 11) is -4.03. The number of imide groups is 1. The van der Waals surface area contributed by atoms with Crippen LogP contribution < -0.4 is 10.0 Å². The largest absolute Gasteiger partial charge is 0.333 e. The van der Waals surface area contributed by atoms with E-state index in [9.17, 15) is 32.0 Å². The second-order valence-electron chi connectivity index (χ2n) is 13.0. The monoisotopic (exact) mass is 791 g/mol. The molecule has 13 heteroatoms. The highest BCUT2D eigenvalue weighted by Gasteiger charge is 2.38. The van der Waals surface area contributed by atoms with Crippen molar-refractivity contribution in [3.05, 3.63) is 166 Å². The summed E-state index contributed by atoms with van der Waals surface area (Å²) < 4.78 is 43.5. The molecule has 9 nitrogen and oxygen atoms in total. The number of thioether (sulfide) groups is 2. The molecule has 5 aromatic rings. The van der Waals surface area contributed by atoms with Crippen LogP contribution in [0.15, 0.2) is 137 Å². The van der Waals surface area contributed by atoms with Crippen LogP contribution in [0.1, 0.15) is 43.8 Å². The zero-order valence-corrected chi connectivity index (χ0v) is 31.6. The highest BCUT2D eigenvalue weighted by atomic mass is 32.2. The number of rotatable bonds is 12. The molecule has 0 radical (unpaired) electrons. The normalized spacial score (nSPS) is 17.8. The van der Waals surface area contributed by atoms with Gasteiger partial charge in [-0.15, -0.1) is 0 Å². The summed E-state index contributed by atoms with van der Waals surface area (Å²) in [5, 5.41) is 1.67. The molecular formula is C42H34FN3O6S3. The maximum Gasteiger partial charge on any atom is 0.290 e. The van der Waals surface area contributed by atoms with Gasteiger partial charge in [0, 0.05) is 41.3 Å².